The molecule has 0 spiro atoms. The first-order valence-electron chi connectivity index (χ1n) is 7.99. The summed E-state index contributed by atoms with van der Waals surface area (Å²) in [6.45, 7) is 2.47. The molecule has 0 radical (unpaired) electrons. The van der Waals surface area contributed by atoms with E-state index in [2.05, 4.69) is 5.32 Å². The molecule has 2 rings (SSSR count). The predicted octanol–water partition coefficient (Wildman–Crippen LogP) is 3.65. The summed E-state index contributed by atoms with van der Waals surface area (Å²) in [4.78, 5) is 12.5. The van der Waals surface area contributed by atoms with Gasteiger partial charge in [0.1, 0.15) is 28.9 Å². The van der Waals surface area contributed by atoms with Crippen molar-refractivity contribution in [1.82, 2.24) is 0 Å². The van der Waals surface area contributed by atoms with Crippen LogP contribution in [0.3, 0.4) is 0 Å². The van der Waals surface area contributed by atoms with Crippen molar-refractivity contribution in [2.24, 2.45) is 0 Å². The Balaban J connectivity index is 2.22. The summed E-state index contributed by atoms with van der Waals surface area (Å²) < 4.78 is 15.8. The van der Waals surface area contributed by atoms with Crippen molar-refractivity contribution in [3.05, 3.63) is 53.6 Å². The quantitative estimate of drug-likeness (QED) is 0.608. The van der Waals surface area contributed by atoms with Crippen LogP contribution >= 0.6 is 0 Å². The lowest BCUT2D eigenvalue weighted by atomic mass is 10.1. The fourth-order valence-corrected chi connectivity index (χ4v) is 2.24. The molecular formula is C20H20N2O4. The Morgan fingerprint density at radius 1 is 1.12 bits per heavy atom. The van der Waals surface area contributed by atoms with Crippen LogP contribution in [0.1, 0.15) is 12.5 Å². The van der Waals surface area contributed by atoms with E-state index in [1.807, 2.05) is 13.0 Å². The molecule has 0 heterocycles. The zero-order valence-electron chi connectivity index (χ0n) is 14.9. The average molecular weight is 352 g/mol. The summed E-state index contributed by atoms with van der Waals surface area (Å²) in [6, 6.07) is 14.1. The third-order valence-corrected chi connectivity index (χ3v) is 3.52. The second-order valence-electron chi connectivity index (χ2n) is 5.19. The van der Waals surface area contributed by atoms with Crippen molar-refractivity contribution in [3.8, 4) is 23.3 Å². The first-order valence-corrected chi connectivity index (χ1v) is 7.99. The molecule has 0 atom stereocenters. The van der Waals surface area contributed by atoms with E-state index >= 15 is 0 Å². The molecule has 26 heavy (non-hydrogen) atoms. The van der Waals surface area contributed by atoms with Gasteiger partial charge >= 0.3 is 0 Å². The maximum Gasteiger partial charge on any atom is 0.266 e. The average Bonchev–Trinajstić information content (AvgIpc) is 2.67. The second-order valence-corrected chi connectivity index (χ2v) is 5.19. The number of amides is 1. The van der Waals surface area contributed by atoms with Crippen LogP contribution in [-0.4, -0.2) is 26.7 Å². The molecule has 0 aliphatic rings. The summed E-state index contributed by atoms with van der Waals surface area (Å²) >= 11 is 0. The van der Waals surface area contributed by atoms with Gasteiger partial charge in [0.2, 0.25) is 0 Å². The summed E-state index contributed by atoms with van der Waals surface area (Å²) in [5.74, 6) is 1.23. The fourth-order valence-electron chi connectivity index (χ4n) is 2.24. The molecule has 0 saturated heterocycles. The van der Waals surface area contributed by atoms with Gasteiger partial charge in [-0.25, -0.2) is 0 Å². The number of ether oxygens (including phenoxy) is 3. The molecule has 1 amide bonds. The minimum Gasteiger partial charge on any atom is -0.497 e. The van der Waals surface area contributed by atoms with Crippen LogP contribution in [0.15, 0.2) is 48.0 Å². The van der Waals surface area contributed by atoms with Crippen molar-refractivity contribution < 1.29 is 19.0 Å². The number of benzene rings is 2. The van der Waals surface area contributed by atoms with Gasteiger partial charge in [0, 0.05) is 6.07 Å². The van der Waals surface area contributed by atoms with E-state index in [-0.39, 0.29) is 5.57 Å². The summed E-state index contributed by atoms with van der Waals surface area (Å²) in [5.41, 5.74) is 1.11. The number of nitriles is 1. The van der Waals surface area contributed by atoms with E-state index in [0.717, 1.165) is 11.3 Å². The molecule has 2 aromatic rings. The molecule has 1 N–H and O–H groups in total. The van der Waals surface area contributed by atoms with E-state index in [0.29, 0.717) is 23.8 Å². The Bertz CT molecular complexity index is 836. The molecule has 6 heteroatoms. The van der Waals surface area contributed by atoms with Gasteiger partial charge in [-0.15, -0.1) is 0 Å². The SMILES string of the molecule is CCOc1ccc(/C=C(\C#N)C(=O)Nc2cc(OC)ccc2OC)cc1. The van der Waals surface area contributed by atoms with Crippen LogP contribution < -0.4 is 19.5 Å². The van der Waals surface area contributed by atoms with Crippen molar-refractivity contribution in [1.29, 1.82) is 5.26 Å². The maximum absolute atomic E-state index is 12.5. The Morgan fingerprint density at radius 2 is 1.81 bits per heavy atom. The largest absolute Gasteiger partial charge is 0.497 e. The molecule has 6 nitrogen and oxygen atoms in total. The number of carbonyl (C=O) groups is 1. The van der Waals surface area contributed by atoms with E-state index in [4.69, 9.17) is 14.2 Å². The smallest absolute Gasteiger partial charge is 0.266 e. The lowest BCUT2D eigenvalue weighted by Crippen LogP contribution is -2.14. The third kappa shape index (κ3) is 4.77. The Hall–Kier alpha value is -3.46. The number of hydrogen-bond donors (Lipinski definition) is 1. The third-order valence-electron chi connectivity index (χ3n) is 3.52. The molecule has 0 saturated carbocycles. The standard InChI is InChI=1S/C20H20N2O4/c1-4-26-16-7-5-14(6-8-16)11-15(13-21)20(23)22-18-12-17(24-2)9-10-19(18)25-3/h5-12H,4H2,1-3H3,(H,22,23)/b15-11+. The topological polar surface area (TPSA) is 80.6 Å². The van der Waals surface area contributed by atoms with Gasteiger partial charge in [-0.3, -0.25) is 4.79 Å². The lowest BCUT2D eigenvalue weighted by Gasteiger charge is -2.11. The maximum atomic E-state index is 12.5. The van der Waals surface area contributed by atoms with Crippen LogP contribution in [0.2, 0.25) is 0 Å². The number of carbonyl (C=O) groups excluding carboxylic acids is 1. The molecule has 0 aliphatic heterocycles. The highest BCUT2D eigenvalue weighted by Gasteiger charge is 2.13. The van der Waals surface area contributed by atoms with Crippen LogP contribution in [0, 0.1) is 11.3 Å². The van der Waals surface area contributed by atoms with Gasteiger partial charge < -0.3 is 19.5 Å². The molecule has 2 aromatic carbocycles. The first kappa shape index (κ1) is 18.9. The van der Waals surface area contributed by atoms with Gasteiger partial charge in [0.25, 0.3) is 5.91 Å². The normalized spacial score (nSPS) is 10.6. The van der Waals surface area contributed by atoms with Crippen LogP contribution in [0.4, 0.5) is 5.69 Å². The summed E-state index contributed by atoms with van der Waals surface area (Å²) in [5, 5.41) is 12.0. The van der Waals surface area contributed by atoms with E-state index < -0.39 is 5.91 Å². The summed E-state index contributed by atoms with van der Waals surface area (Å²) in [7, 11) is 3.03. The van der Waals surface area contributed by atoms with Crippen LogP contribution in [0.25, 0.3) is 6.08 Å². The molecule has 134 valence electrons. The predicted molar refractivity (Wildman–Crippen MR) is 99.4 cm³/mol. The van der Waals surface area contributed by atoms with Gasteiger partial charge in [-0.1, -0.05) is 12.1 Å². The molecule has 0 aromatic heterocycles. The van der Waals surface area contributed by atoms with Crippen molar-refractivity contribution >= 4 is 17.7 Å². The van der Waals surface area contributed by atoms with E-state index in [1.54, 1.807) is 42.5 Å². The van der Waals surface area contributed by atoms with E-state index in [9.17, 15) is 10.1 Å². The monoisotopic (exact) mass is 352 g/mol. The van der Waals surface area contributed by atoms with Gasteiger partial charge in [-0.05, 0) is 42.8 Å². The van der Waals surface area contributed by atoms with Crippen molar-refractivity contribution in [2.45, 2.75) is 6.92 Å². The highest BCUT2D eigenvalue weighted by atomic mass is 16.5. The van der Waals surface area contributed by atoms with Gasteiger partial charge in [0.05, 0.1) is 26.5 Å². The zero-order valence-corrected chi connectivity index (χ0v) is 14.9. The van der Waals surface area contributed by atoms with Crippen molar-refractivity contribution in [2.75, 3.05) is 26.1 Å². The molecule has 0 unspecified atom stereocenters. The number of nitrogens with one attached hydrogen (secondary N) is 1. The zero-order chi connectivity index (χ0) is 18.9. The first-order chi connectivity index (χ1) is 12.6. The minimum atomic E-state index is -0.534. The minimum absolute atomic E-state index is 0.0287. The Labute approximate surface area is 152 Å². The van der Waals surface area contributed by atoms with Crippen LogP contribution in [0.5, 0.6) is 17.2 Å². The number of hydrogen-bond acceptors (Lipinski definition) is 5. The number of rotatable bonds is 7. The van der Waals surface area contributed by atoms with Gasteiger partial charge in [0.15, 0.2) is 0 Å². The fraction of sp³-hybridized carbons (Fsp3) is 0.200. The Kier molecular flexibility index (Phi) is 6.63. The molecular weight excluding hydrogens is 332 g/mol. The summed E-state index contributed by atoms with van der Waals surface area (Å²) in [6.07, 6.45) is 1.51. The highest BCUT2D eigenvalue weighted by Crippen LogP contribution is 2.29. The second kappa shape index (κ2) is 9.14. The molecule has 0 bridgehead atoms. The lowest BCUT2D eigenvalue weighted by molar-refractivity contribution is -0.112. The molecule has 0 fully saturated rings. The highest BCUT2D eigenvalue weighted by molar-refractivity contribution is 6.10. The number of anilines is 1. The van der Waals surface area contributed by atoms with Crippen molar-refractivity contribution in [3.63, 3.8) is 0 Å². The van der Waals surface area contributed by atoms with E-state index in [1.165, 1.54) is 20.3 Å². The molecule has 0 aliphatic carbocycles. The number of nitrogens with zero attached hydrogens (tertiary/aromatic N) is 1. The van der Waals surface area contributed by atoms with Gasteiger partial charge in [-0.2, -0.15) is 5.26 Å². The van der Waals surface area contributed by atoms with Crippen LogP contribution in [-0.2, 0) is 4.79 Å². The number of methoxy groups -OCH3 is 2. The Morgan fingerprint density at radius 3 is 2.38 bits per heavy atom.